The molecule has 0 aliphatic heterocycles. The number of aromatic nitrogens is 2. The van der Waals surface area contributed by atoms with E-state index in [4.69, 9.17) is 0 Å². The second-order valence-corrected chi connectivity index (χ2v) is 5.59. The van der Waals surface area contributed by atoms with Gasteiger partial charge in [-0.25, -0.2) is 0 Å². The molecule has 1 aromatic heterocycles. The zero-order valence-corrected chi connectivity index (χ0v) is 12.9. The third-order valence-electron chi connectivity index (χ3n) is 3.99. The van der Waals surface area contributed by atoms with Gasteiger partial charge in [-0.05, 0) is 45.2 Å². The van der Waals surface area contributed by atoms with Gasteiger partial charge in [0.2, 0.25) is 0 Å². The maximum Gasteiger partial charge on any atom is 0.0628 e. The molecule has 104 valence electrons. The Morgan fingerprint density at radius 3 is 2.44 bits per heavy atom. The summed E-state index contributed by atoms with van der Waals surface area (Å²) >= 11 is 0. The van der Waals surface area contributed by atoms with Gasteiger partial charge in [-0.2, -0.15) is 5.10 Å². The van der Waals surface area contributed by atoms with Crippen molar-refractivity contribution in [2.45, 2.75) is 59.4 Å². The Bertz CT molecular complexity index is 368. The Morgan fingerprint density at radius 1 is 1.33 bits per heavy atom. The van der Waals surface area contributed by atoms with Crippen LogP contribution >= 0.6 is 0 Å². The van der Waals surface area contributed by atoms with Crippen LogP contribution < -0.4 is 5.32 Å². The number of nitrogens with one attached hydrogen (secondary N) is 1. The molecule has 0 aliphatic rings. The SMILES string of the molecule is CCCC(C)CC(Cc1c(C)nn(C)c1C)NC. The third-order valence-corrected chi connectivity index (χ3v) is 3.99. The number of rotatable bonds is 7. The fourth-order valence-electron chi connectivity index (χ4n) is 2.76. The fraction of sp³-hybridized carbons (Fsp3) is 0.800. The number of hydrogen-bond donors (Lipinski definition) is 1. The maximum absolute atomic E-state index is 4.50. The molecule has 2 unspecified atom stereocenters. The van der Waals surface area contributed by atoms with E-state index in [-0.39, 0.29) is 0 Å². The van der Waals surface area contributed by atoms with Crippen molar-refractivity contribution in [2.24, 2.45) is 13.0 Å². The molecule has 0 radical (unpaired) electrons. The van der Waals surface area contributed by atoms with E-state index in [0.717, 1.165) is 12.3 Å². The summed E-state index contributed by atoms with van der Waals surface area (Å²) in [7, 11) is 4.10. The van der Waals surface area contributed by atoms with Crippen molar-refractivity contribution >= 4 is 0 Å². The highest BCUT2D eigenvalue weighted by atomic mass is 15.3. The van der Waals surface area contributed by atoms with Crippen LogP contribution in [-0.4, -0.2) is 22.9 Å². The minimum atomic E-state index is 0.563. The molecule has 3 heteroatoms. The van der Waals surface area contributed by atoms with Crippen molar-refractivity contribution in [1.29, 1.82) is 0 Å². The molecular weight excluding hydrogens is 222 g/mol. The predicted octanol–water partition coefficient (Wildman–Crippen LogP) is 2.99. The molecule has 0 saturated carbocycles. The van der Waals surface area contributed by atoms with Gasteiger partial charge in [0.05, 0.1) is 5.69 Å². The van der Waals surface area contributed by atoms with Crippen LogP contribution in [0.1, 0.15) is 50.1 Å². The van der Waals surface area contributed by atoms with Crippen LogP contribution in [0.2, 0.25) is 0 Å². The highest BCUT2D eigenvalue weighted by Crippen LogP contribution is 2.19. The second-order valence-electron chi connectivity index (χ2n) is 5.59. The van der Waals surface area contributed by atoms with Crippen LogP contribution in [0, 0.1) is 19.8 Å². The van der Waals surface area contributed by atoms with Gasteiger partial charge in [-0.3, -0.25) is 4.68 Å². The molecule has 1 rings (SSSR count). The van der Waals surface area contributed by atoms with Crippen LogP contribution in [0.15, 0.2) is 0 Å². The quantitative estimate of drug-likeness (QED) is 0.807. The monoisotopic (exact) mass is 251 g/mol. The molecule has 0 spiro atoms. The van der Waals surface area contributed by atoms with Crippen LogP contribution in [0.4, 0.5) is 0 Å². The lowest BCUT2D eigenvalue weighted by molar-refractivity contribution is 0.396. The first-order valence-electron chi connectivity index (χ1n) is 7.15. The Balaban J connectivity index is 2.68. The lowest BCUT2D eigenvalue weighted by Gasteiger charge is -2.20. The fourth-order valence-corrected chi connectivity index (χ4v) is 2.76. The van der Waals surface area contributed by atoms with Crippen molar-refractivity contribution in [3.8, 4) is 0 Å². The lowest BCUT2D eigenvalue weighted by Crippen LogP contribution is -2.30. The maximum atomic E-state index is 4.50. The van der Waals surface area contributed by atoms with Gasteiger partial charge in [0.15, 0.2) is 0 Å². The minimum absolute atomic E-state index is 0.563. The van der Waals surface area contributed by atoms with Crippen molar-refractivity contribution in [3.63, 3.8) is 0 Å². The number of hydrogen-bond acceptors (Lipinski definition) is 2. The van der Waals surface area contributed by atoms with E-state index in [1.165, 1.54) is 36.2 Å². The molecule has 0 aromatic carbocycles. The third kappa shape index (κ3) is 3.84. The van der Waals surface area contributed by atoms with Gasteiger partial charge < -0.3 is 5.32 Å². The highest BCUT2D eigenvalue weighted by Gasteiger charge is 2.16. The molecule has 0 fully saturated rings. The van der Waals surface area contributed by atoms with E-state index in [2.05, 4.69) is 45.2 Å². The summed E-state index contributed by atoms with van der Waals surface area (Å²) in [5, 5.41) is 7.97. The summed E-state index contributed by atoms with van der Waals surface area (Å²) in [6.45, 7) is 8.90. The Morgan fingerprint density at radius 2 is 2.00 bits per heavy atom. The Hall–Kier alpha value is -0.830. The Labute approximate surface area is 112 Å². The number of nitrogens with zero attached hydrogens (tertiary/aromatic N) is 2. The van der Waals surface area contributed by atoms with Crippen molar-refractivity contribution in [2.75, 3.05) is 7.05 Å². The molecule has 2 atom stereocenters. The van der Waals surface area contributed by atoms with Crippen LogP contribution in [0.3, 0.4) is 0 Å². The standard InChI is InChI=1S/C15H29N3/c1-7-8-11(2)9-14(16-5)10-15-12(3)17-18(6)13(15)4/h11,14,16H,7-10H2,1-6H3. The van der Waals surface area contributed by atoms with E-state index in [0.29, 0.717) is 6.04 Å². The number of aryl methyl sites for hydroxylation is 2. The van der Waals surface area contributed by atoms with Gasteiger partial charge in [0, 0.05) is 18.8 Å². The van der Waals surface area contributed by atoms with Gasteiger partial charge in [0.25, 0.3) is 0 Å². The molecule has 0 saturated heterocycles. The highest BCUT2D eigenvalue weighted by molar-refractivity contribution is 5.25. The molecule has 18 heavy (non-hydrogen) atoms. The summed E-state index contributed by atoms with van der Waals surface area (Å²) in [5.74, 6) is 0.796. The van der Waals surface area contributed by atoms with E-state index < -0.39 is 0 Å². The van der Waals surface area contributed by atoms with Crippen molar-refractivity contribution in [3.05, 3.63) is 17.0 Å². The summed E-state index contributed by atoms with van der Waals surface area (Å²) in [4.78, 5) is 0. The van der Waals surface area contributed by atoms with Crippen molar-refractivity contribution < 1.29 is 0 Å². The zero-order valence-electron chi connectivity index (χ0n) is 12.9. The molecule has 0 amide bonds. The average molecular weight is 251 g/mol. The molecule has 1 aromatic rings. The Kier molecular flexibility index (Phi) is 5.86. The largest absolute Gasteiger partial charge is 0.317 e. The first-order chi connectivity index (χ1) is 8.49. The molecule has 1 N–H and O–H groups in total. The second kappa shape index (κ2) is 6.93. The van der Waals surface area contributed by atoms with Gasteiger partial charge >= 0.3 is 0 Å². The van der Waals surface area contributed by atoms with Crippen LogP contribution in [-0.2, 0) is 13.5 Å². The van der Waals surface area contributed by atoms with E-state index in [9.17, 15) is 0 Å². The molecule has 1 heterocycles. The van der Waals surface area contributed by atoms with Gasteiger partial charge in [0.1, 0.15) is 0 Å². The topological polar surface area (TPSA) is 29.9 Å². The molecule has 0 aliphatic carbocycles. The number of likely N-dealkylation sites (N-methyl/N-ethyl adjacent to an activating group) is 1. The van der Waals surface area contributed by atoms with E-state index >= 15 is 0 Å². The van der Waals surface area contributed by atoms with Crippen molar-refractivity contribution in [1.82, 2.24) is 15.1 Å². The average Bonchev–Trinajstić information content (AvgIpc) is 2.55. The van der Waals surface area contributed by atoms with Gasteiger partial charge in [-0.15, -0.1) is 0 Å². The molecule has 0 bridgehead atoms. The summed E-state index contributed by atoms with van der Waals surface area (Å²) < 4.78 is 1.99. The molecule has 3 nitrogen and oxygen atoms in total. The first-order valence-corrected chi connectivity index (χ1v) is 7.15. The lowest BCUT2D eigenvalue weighted by atomic mass is 9.93. The zero-order chi connectivity index (χ0) is 13.7. The van der Waals surface area contributed by atoms with Gasteiger partial charge in [-0.1, -0.05) is 26.7 Å². The van der Waals surface area contributed by atoms with E-state index in [1.54, 1.807) is 0 Å². The first kappa shape index (κ1) is 15.2. The summed E-state index contributed by atoms with van der Waals surface area (Å²) in [5.41, 5.74) is 3.90. The van der Waals surface area contributed by atoms with E-state index in [1.807, 2.05) is 11.7 Å². The predicted molar refractivity (Wildman–Crippen MR) is 77.9 cm³/mol. The summed E-state index contributed by atoms with van der Waals surface area (Å²) in [6, 6.07) is 0.563. The summed E-state index contributed by atoms with van der Waals surface area (Å²) in [6.07, 6.45) is 4.94. The van der Waals surface area contributed by atoms with Crippen LogP contribution in [0.5, 0.6) is 0 Å². The van der Waals surface area contributed by atoms with Crippen LogP contribution in [0.25, 0.3) is 0 Å². The smallest absolute Gasteiger partial charge is 0.0628 e. The molecular formula is C15H29N3. The normalized spacial score (nSPS) is 14.8. The minimum Gasteiger partial charge on any atom is -0.317 e.